The molecule has 2 aromatic rings. The van der Waals surface area contributed by atoms with Gasteiger partial charge in [0.05, 0.1) is 0 Å². The minimum absolute atomic E-state index is 0.00726. The Hall–Kier alpha value is -2.80. The Labute approximate surface area is 164 Å². The van der Waals surface area contributed by atoms with Gasteiger partial charge in [0, 0.05) is 48.1 Å². The molecule has 2 heterocycles. The van der Waals surface area contributed by atoms with Gasteiger partial charge in [-0.2, -0.15) is 0 Å². The number of rotatable bonds is 6. The van der Waals surface area contributed by atoms with Crippen LogP contribution in [0.25, 0.3) is 16.3 Å². The van der Waals surface area contributed by atoms with Crippen molar-refractivity contribution in [3.63, 3.8) is 0 Å². The van der Waals surface area contributed by atoms with Gasteiger partial charge in [-0.05, 0) is 56.1 Å². The molecule has 1 aromatic heterocycles. The summed E-state index contributed by atoms with van der Waals surface area (Å²) in [5.74, 6) is 0.0214. The Balaban J connectivity index is 1.81. The Bertz CT molecular complexity index is 903. The number of hydrogen-bond acceptors (Lipinski definition) is 5. The third kappa shape index (κ3) is 4.36. The number of carbonyl (C=O) groups is 1. The summed E-state index contributed by atoms with van der Waals surface area (Å²) >= 11 is 0. The summed E-state index contributed by atoms with van der Waals surface area (Å²) in [6.45, 7) is 5.02. The van der Waals surface area contributed by atoms with Crippen LogP contribution >= 0.6 is 0 Å². The molecule has 0 radical (unpaired) electrons. The molecule has 0 atom stereocenters. The Morgan fingerprint density at radius 3 is 2.71 bits per heavy atom. The van der Waals surface area contributed by atoms with Crippen LogP contribution in [-0.4, -0.2) is 48.7 Å². The highest BCUT2D eigenvalue weighted by Gasteiger charge is 2.24. The average molecular weight is 383 g/mol. The van der Waals surface area contributed by atoms with Gasteiger partial charge in [-0.15, -0.1) is 0 Å². The Morgan fingerprint density at radius 1 is 1.32 bits per heavy atom. The lowest BCUT2D eigenvalue weighted by atomic mass is 9.96. The van der Waals surface area contributed by atoms with Gasteiger partial charge < -0.3 is 20.9 Å². The number of fused-ring (bicyclic) bond motifs is 1. The lowest BCUT2D eigenvalue weighted by Crippen LogP contribution is -2.38. The fraction of sp³-hybridized carbons (Fsp3) is 0.381. The summed E-state index contributed by atoms with van der Waals surface area (Å²) in [5, 5.41) is 14.6. The number of nitrogens with one attached hydrogen (secondary N) is 3. The molecule has 7 heteroatoms. The fourth-order valence-corrected chi connectivity index (χ4v) is 3.55. The van der Waals surface area contributed by atoms with Gasteiger partial charge in [-0.1, -0.05) is 6.92 Å². The predicted molar refractivity (Wildman–Crippen MR) is 111 cm³/mol. The second-order valence-corrected chi connectivity index (χ2v) is 6.98. The third-order valence-corrected chi connectivity index (χ3v) is 5.23. The standard InChI is InChI=1S/C21H26FN5O/c1-3-27-6-4-14(5-7-27)21(28)26-20-10-15-8-18(17(11-23)12-24-2)19(22)9-16(15)13-25-20/h8-14,23-24H,3-7H2,1-2H3,(H,25,26,28)/b17-12+,23-11?. The molecule has 148 valence electrons. The molecule has 3 N–H and O–H groups in total. The summed E-state index contributed by atoms with van der Waals surface area (Å²) < 4.78 is 14.4. The molecule has 1 aliphatic heterocycles. The summed E-state index contributed by atoms with van der Waals surface area (Å²) in [6.07, 6.45) is 5.93. The van der Waals surface area contributed by atoms with Crippen molar-refractivity contribution in [1.29, 1.82) is 5.41 Å². The first-order chi connectivity index (χ1) is 13.5. The van der Waals surface area contributed by atoms with E-state index < -0.39 is 5.82 Å². The van der Waals surface area contributed by atoms with Gasteiger partial charge in [0.1, 0.15) is 11.6 Å². The van der Waals surface area contributed by atoms with Crippen LogP contribution in [-0.2, 0) is 4.79 Å². The molecule has 0 bridgehead atoms. The maximum absolute atomic E-state index is 14.4. The van der Waals surface area contributed by atoms with E-state index in [0.717, 1.165) is 44.1 Å². The number of benzene rings is 1. The number of nitrogens with zero attached hydrogens (tertiary/aromatic N) is 2. The first-order valence-electron chi connectivity index (χ1n) is 9.56. The van der Waals surface area contributed by atoms with E-state index in [1.54, 1.807) is 31.6 Å². The molecule has 1 amide bonds. The fourth-order valence-electron chi connectivity index (χ4n) is 3.55. The van der Waals surface area contributed by atoms with Gasteiger partial charge in [0.25, 0.3) is 0 Å². The Kier molecular flexibility index (Phi) is 6.36. The highest BCUT2D eigenvalue weighted by molar-refractivity contribution is 6.09. The Morgan fingerprint density at radius 2 is 2.07 bits per heavy atom. The van der Waals surface area contributed by atoms with Gasteiger partial charge in [-0.3, -0.25) is 4.79 Å². The zero-order chi connectivity index (χ0) is 20.1. The molecular formula is C21H26FN5O. The van der Waals surface area contributed by atoms with Crippen molar-refractivity contribution < 1.29 is 9.18 Å². The minimum Gasteiger partial charge on any atom is -0.393 e. The smallest absolute Gasteiger partial charge is 0.228 e. The first-order valence-corrected chi connectivity index (χ1v) is 9.56. The molecule has 0 saturated carbocycles. The quantitative estimate of drug-likeness (QED) is 0.669. The summed E-state index contributed by atoms with van der Waals surface area (Å²) in [6, 6.07) is 4.82. The van der Waals surface area contributed by atoms with Crippen LogP contribution in [0.3, 0.4) is 0 Å². The monoisotopic (exact) mass is 383 g/mol. The van der Waals surface area contributed by atoms with Crippen molar-refractivity contribution in [3.8, 4) is 0 Å². The number of pyridine rings is 1. The minimum atomic E-state index is -0.418. The van der Waals surface area contributed by atoms with Crippen molar-refractivity contribution in [2.75, 3.05) is 32.0 Å². The topological polar surface area (TPSA) is 81.1 Å². The van der Waals surface area contributed by atoms with Gasteiger partial charge in [-0.25, -0.2) is 9.37 Å². The maximum Gasteiger partial charge on any atom is 0.228 e. The van der Waals surface area contributed by atoms with Crippen LogP contribution in [0, 0.1) is 17.1 Å². The highest BCUT2D eigenvalue weighted by Crippen LogP contribution is 2.26. The van der Waals surface area contributed by atoms with E-state index in [-0.39, 0.29) is 11.8 Å². The van der Waals surface area contributed by atoms with Crippen LogP contribution in [0.2, 0.25) is 0 Å². The maximum atomic E-state index is 14.4. The van der Waals surface area contributed by atoms with Crippen LogP contribution in [0.15, 0.2) is 30.6 Å². The number of allylic oxidation sites excluding steroid dienone is 1. The molecular weight excluding hydrogens is 357 g/mol. The van der Waals surface area contributed by atoms with E-state index in [1.165, 1.54) is 6.07 Å². The van der Waals surface area contributed by atoms with E-state index in [1.807, 2.05) is 0 Å². The molecule has 0 spiro atoms. The molecule has 0 aliphatic carbocycles. The van der Waals surface area contributed by atoms with Crippen molar-refractivity contribution in [2.24, 2.45) is 5.92 Å². The van der Waals surface area contributed by atoms with Crippen LogP contribution in [0.5, 0.6) is 0 Å². The highest BCUT2D eigenvalue weighted by atomic mass is 19.1. The summed E-state index contributed by atoms with van der Waals surface area (Å²) in [4.78, 5) is 19.2. The third-order valence-electron chi connectivity index (χ3n) is 5.23. The molecule has 6 nitrogen and oxygen atoms in total. The molecule has 0 unspecified atom stereocenters. The van der Waals surface area contributed by atoms with Crippen molar-refractivity contribution >= 4 is 34.3 Å². The van der Waals surface area contributed by atoms with E-state index in [9.17, 15) is 9.18 Å². The lowest BCUT2D eigenvalue weighted by molar-refractivity contribution is -0.121. The van der Waals surface area contributed by atoms with E-state index in [0.29, 0.717) is 22.3 Å². The molecule has 1 aliphatic rings. The zero-order valence-electron chi connectivity index (χ0n) is 16.3. The summed E-state index contributed by atoms with van der Waals surface area (Å²) in [5.41, 5.74) is 0.763. The van der Waals surface area contributed by atoms with Gasteiger partial charge in [0.2, 0.25) is 5.91 Å². The normalized spacial score (nSPS) is 16.2. The number of aromatic nitrogens is 1. The number of amides is 1. The van der Waals surface area contributed by atoms with E-state index in [2.05, 4.69) is 27.4 Å². The van der Waals surface area contributed by atoms with Crippen molar-refractivity contribution in [1.82, 2.24) is 15.2 Å². The number of likely N-dealkylation sites (tertiary alicyclic amines) is 1. The summed E-state index contributed by atoms with van der Waals surface area (Å²) in [7, 11) is 1.70. The van der Waals surface area contributed by atoms with Crippen molar-refractivity contribution in [3.05, 3.63) is 42.0 Å². The molecule has 1 aromatic carbocycles. The lowest BCUT2D eigenvalue weighted by Gasteiger charge is -2.30. The second-order valence-electron chi connectivity index (χ2n) is 6.98. The zero-order valence-corrected chi connectivity index (χ0v) is 16.3. The number of carbonyl (C=O) groups excluding carboxylic acids is 1. The molecule has 28 heavy (non-hydrogen) atoms. The predicted octanol–water partition coefficient (Wildman–Crippen LogP) is 3.25. The van der Waals surface area contributed by atoms with E-state index >= 15 is 0 Å². The largest absolute Gasteiger partial charge is 0.393 e. The molecule has 1 fully saturated rings. The van der Waals surface area contributed by atoms with Crippen molar-refractivity contribution in [2.45, 2.75) is 19.8 Å². The first kappa shape index (κ1) is 19.9. The van der Waals surface area contributed by atoms with Crippen LogP contribution in [0.1, 0.15) is 25.3 Å². The van der Waals surface area contributed by atoms with E-state index in [4.69, 9.17) is 5.41 Å². The number of anilines is 1. The average Bonchev–Trinajstić information content (AvgIpc) is 2.72. The number of piperidine rings is 1. The number of hydrogen-bond donors (Lipinski definition) is 3. The molecule has 1 saturated heterocycles. The molecule has 3 rings (SSSR count). The number of halogens is 1. The van der Waals surface area contributed by atoms with Gasteiger partial charge >= 0.3 is 0 Å². The SMILES string of the molecule is CCN1CCC(C(=O)Nc2cc3cc(/C(C=N)=C/NC)c(F)cc3cn2)CC1. The second kappa shape index (κ2) is 8.93. The van der Waals surface area contributed by atoms with Gasteiger partial charge in [0.15, 0.2) is 0 Å². The van der Waals surface area contributed by atoms with Crippen LogP contribution in [0.4, 0.5) is 10.2 Å². The van der Waals surface area contributed by atoms with Crippen LogP contribution < -0.4 is 10.6 Å².